The van der Waals surface area contributed by atoms with Gasteiger partial charge in [-0.2, -0.15) is 0 Å². The molecule has 1 atom stereocenters. The molecule has 0 heterocycles. The number of rotatable bonds is 4. The molecule has 2 aromatic rings. The van der Waals surface area contributed by atoms with Crippen molar-refractivity contribution < 1.29 is 51.5 Å². The fraction of sp³-hybridized carbons (Fsp3) is 0.0714. The van der Waals surface area contributed by atoms with E-state index in [-0.39, 0.29) is 56.6 Å². The average Bonchev–Trinajstić information content (AvgIpc) is 2.54. The van der Waals surface area contributed by atoms with Crippen molar-refractivity contribution in [2.24, 2.45) is 0 Å². The Morgan fingerprint density at radius 2 is 1.73 bits per heavy atom. The summed E-state index contributed by atoms with van der Waals surface area (Å²) in [4.78, 5) is -0.166. The summed E-state index contributed by atoms with van der Waals surface area (Å²) in [5.74, 6) is -0.413. The summed E-state index contributed by atoms with van der Waals surface area (Å²) >= 11 is 6.38. The zero-order valence-electron chi connectivity index (χ0n) is 13.1. The third kappa shape index (κ3) is 5.71. The Morgan fingerprint density at radius 1 is 1.12 bits per heavy atom. The van der Waals surface area contributed by atoms with Gasteiger partial charge in [0.15, 0.2) is 0 Å². The van der Waals surface area contributed by atoms with E-state index in [0.29, 0.717) is 0 Å². The molecule has 2 rings (SSSR count). The first-order valence-electron chi connectivity index (χ1n) is 6.40. The average molecular weight is 598 g/mol. The van der Waals surface area contributed by atoms with Gasteiger partial charge in [-0.15, -0.1) is 0 Å². The molecule has 1 N–H and O–H groups in total. The van der Waals surface area contributed by atoms with Crippen LogP contribution in [-0.2, 0) is 20.9 Å². The van der Waals surface area contributed by atoms with Crippen molar-refractivity contribution in [2.45, 2.75) is 11.3 Å². The quantitative estimate of drug-likeness (QED) is 0.185. The largest absolute Gasteiger partial charge is 1.00 e. The van der Waals surface area contributed by atoms with Gasteiger partial charge < -0.3 is 9.29 Å². The standard InChI is InChI=1S/C14H10Br3NO5S2.Na/c15-14(16,17)25(21,22)10-5-3-4-9(8-10)13(18)23-11-6-1-2-7-12(11)24(19)20;/h1-8,18H,(H,19,20);/q;+1/p-1. The van der Waals surface area contributed by atoms with Crippen molar-refractivity contribution in [1.29, 1.82) is 5.41 Å². The molecule has 0 aliphatic heterocycles. The predicted octanol–water partition coefficient (Wildman–Crippen LogP) is 0.903. The van der Waals surface area contributed by atoms with Crippen LogP contribution in [0, 0.1) is 5.41 Å². The minimum atomic E-state index is -3.83. The molecule has 2 aromatic carbocycles. The molecule has 12 heteroatoms. The Bertz CT molecular complexity index is 948. The molecular weight excluding hydrogens is 589 g/mol. The van der Waals surface area contributed by atoms with Crippen molar-refractivity contribution in [3.8, 4) is 5.75 Å². The number of sulfone groups is 1. The van der Waals surface area contributed by atoms with Gasteiger partial charge >= 0.3 is 29.6 Å². The molecule has 0 radical (unpaired) electrons. The van der Waals surface area contributed by atoms with Gasteiger partial charge in [-0.1, -0.05) is 18.2 Å². The fourth-order valence-corrected chi connectivity index (χ4v) is 4.73. The van der Waals surface area contributed by atoms with Gasteiger partial charge in [-0.05, 0) is 89.2 Å². The molecule has 0 aliphatic carbocycles. The molecule has 26 heavy (non-hydrogen) atoms. The maximum atomic E-state index is 12.4. The van der Waals surface area contributed by atoms with E-state index < -0.39 is 22.4 Å². The maximum absolute atomic E-state index is 12.4. The van der Waals surface area contributed by atoms with Crippen LogP contribution in [0.25, 0.3) is 0 Å². The van der Waals surface area contributed by atoms with Crippen LogP contribution in [0.4, 0.5) is 0 Å². The van der Waals surface area contributed by atoms with Crippen LogP contribution >= 0.6 is 47.8 Å². The normalized spacial score (nSPS) is 12.8. The Balaban J connectivity index is 0.00000338. The number of benzene rings is 2. The Hall–Kier alpha value is 0.410. The molecule has 6 nitrogen and oxygen atoms in total. The van der Waals surface area contributed by atoms with Crippen molar-refractivity contribution in [2.75, 3.05) is 0 Å². The van der Waals surface area contributed by atoms with E-state index in [2.05, 4.69) is 47.8 Å². The number of nitrogens with one attached hydrogen (secondary N) is 1. The molecule has 0 aromatic heterocycles. The zero-order chi connectivity index (χ0) is 18.8. The second-order valence-corrected chi connectivity index (χ2v) is 15.9. The first kappa shape index (κ1) is 24.4. The van der Waals surface area contributed by atoms with Crippen LogP contribution in [0.3, 0.4) is 0 Å². The summed E-state index contributed by atoms with van der Waals surface area (Å²) in [6.45, 7) is 0. The number of alkyl halides is 3. The van der Waals surface area contributed by atoms with E-state index in [1.54, 1.807) is 6.07 Å². The van der Waals surface area contributed by atoms with Crippen molar-refractivity contribution in [1.82, 2.24) is 0 Å². The van der Waals surface area contributed by atoms with Crippen LogP contribution in [-0.4, -0.2) is 24.6 Å². The summed E-state index contributed by atoms with van der Waals surface area (Å²) < 4.78 is 50.9. The minimum Gasteiger partial charge on any atom is -0.768 e. The smallest absolute Gasteiger partial charge is 0.768 e. The van der Waals surface area contributed by atoms with Crippen LogP contribution in [0.2, 0.25) is 0 Å². The van der Waals surface area contributed by atoms with Gasteiger partial charge in [0.1, 0.15) is 5.75 Å². The monoisotopic (exact) mass is 595 g/mol. The minimum absolute atomic E-state index is 0. The number of hydrogen-bond acceptors (Lipinski definition) is 6. The fourth-order valence-electron chi connectivity index (χ4n) is 1.78. The van der Waals surface area contributed by atoms with Crippen molar-refractivity contribution in [3.05, 3.63) is 54.1 Å². The summed E-state index contributed by atoms with van der Waals surface area (Å²) in [7, 11) is -3.83. The van der Waals surface area contributed by atoms with Crippen molar-refractivity contribution >= 4 is 74.6 Å². The van der Waals surface area contributed by atoms with E-state index in [0.717, 1.165) is 0 Å². The van der Waals surface area contributed by atoms with E-state index in [9.17, 15) is 17.2 Å². The summed E-state index contributed by atoms with van der Waals surface area (Å²) in [6, 6.07) is 11.4. The van der Waals surface area contributed by atoms with Gasteiger partial charge in [0, 0.05) is 5.56 Å². The van der Waals surface area contributed by atoms with Crippen molar-refractivity contribution in [3.63, 3.8) is 0 Å². The number of halogens is 3. The second-order valence-electron chi connectivity index (χ2n) is 4.59. The topological polar surface area (TPSA) is 107 Å². The predicted molar refractivity (Wildman–Crippen MR) is 104 cm³/mol. The molecular formula is C14H9Br3NNaO5S2. The molecule has 1 unspecified atom stereocenters. The molecule has 0 saturated carbocycles. The first-order chi connectivity index (χ1) is 11.5. The number of hydrogen-bond donors (Lipinski definition) is 1. The van der Waals surface area contributed by atoms with E-state index >= 15 is 0 Å². The van der Waals surface area contributed by atoms with Crippen LogP contribution in [0.1, 0.15) is 5.56 Å². The molecule has 0 spiro atoms. The number of ether oxygens (including phenoxy) is 1. The summed E-state index contributed by atoms with van der Waals surface area (Å²) in [6.07, 6.45) is 0. The Labute approximate surface area is 200 Å². The Kier molecular flexibility index (Phi) is 9.17. The molecule has 0 bridgehead atoms. The van der Waals surface area contributed by atoms with Crippen LogP contribution in [0.15, 0.2) is 58.3 Å². The van der Waals surface area contributed by atoms with Crippen LogP contribution in [0.5, 0.6) is 5.75 Å². The number of para-hydroxylation sites is 1. The molecule has 134 valence electrons. The maximum Gasteiger partial charge on any atom is 1.00 e. The third-order valence-electron chi connectivity index (χ3n) is 2.95. The molecule has 0 saturated heterocycles. The van der Waals surface area contributed by atoms with E-state index in [1.807, 2.05) is 0 Å². The zero-order valence-corrected chi connectivity index (χ0v) is 21.5. The van der Waals surface area contributed by atoms with Gasteiger partial charge in [0.2, 0.25) is 17.2 Å². The van der Waals surface area contributed by atoms with Crippen LogP contribution < -0.4 is 34.3 Å². The van der Waals surface area contributed by atoms with Gasteiger partial charge in [0.25, 0.3) is 0 Å². The SMILES string of the molecule is N=C(Oc1ccccc1S(=O)[O-])c1cccc(S(=O)(=O)C(Br)(Br)Br)c1.[Na+]. The van der Waals surface area contributed by atoms with Gasteiger partial charge in [-0.25, -0.2) is 8.42 Å². The second kappa shape index (κ2) is 9.75. The summed E-state index contributed by atoms with van der Waals surface area (Å²) in [5.41, 5.74) is 0.171. The Morgan fingerprint density at radius 3 is 2.31 bits per heavy atom. The van der Waals surface area contributed by atoms with E-state index in [1.165, 1.54) is 42.5 Å². The van der Waals surface area contributed by atoms with E-state index in [4.69, 9.17) is 10.1 Å². The molecule has 0 amide bonds. The third-order valence-corrected chi connectivity index (χ3v) is 8.97. The molecule has 0 fully saturated rings. The molecule has 0 aliphatic rings. The van der Waals surface area contributed by atoms with Gasteiger partial charge in [-0.3, -0.25) is 9.62 Å². The van der Waals surface area contributed by atoms with Gasteiger partial charge in [0.05, 0.1) is 9.79 Å². The summed E-state index contributed by atoms with van der Waals surface area (Å²) in [5, 5.41) is 8.01. The first-order valence-corrected chi connectivity index (χ1v) is 11.3.